The highest BCUT2D eigenvalue weighted by molar-refractivity contribution is 7.13. The summed E-state index contributed by atoms with van der Waals surface area (Å²) in [5, 5.41) is 4.06. The van der Waals surface area contributed by atoms with E-state index in [1.165, 1.54) is 0 Å². The second-order valence-electron chi connectivity index (χ2n) is 6.47. The van der Waals surface area contributed by atoms with E-state index in [9.17, 15) is 4.79 Å². The van der Waals surface area contributed by atoms with Crippen LogP contribution in [0.25, 0.3) is 11.6 Å². The van der Waals surface area contributed by atoms with Crippen molar-refractivity contribution < 1.29 is 9.32 Å². The van der Waals surface area contributed by atoms with Crippen molar-refractivity contribution in [2.45, 2.75) is 38.6 Å². The number of carbonyl (C=O) groups excluding carboxylic acids is 1. The highest BCUT2D eigenvalue weighted by Crippen LogP contribution is 2.26. The van der Waals surface area contributed by atoms with Crippen LogP contribution in [0.15, 0.2) is 41.1 Å². The maximum absolute atomic E-state index is 12.7. The molecule has 1 unspecified atom stereocenters. The van der Waals surface area contributed by atoms with Crippen molar-refractivity contribution in [2.24, 2.45) is 0 Å². The van der Waals surface area contributed by atoms with Crippen LogP contribution in [0.4, 0.5) is 0 Å². The van der Waals surface area contributed by atoms with E-state index in [0.717, 1.165) is 35.6 Å². The van der Waals surface area contributed by atoms with Crippen molar-refractivity contribution in [1.29, 1.82) is 0 Å². The molecule has 1 atom stereocenters. The minimum atomic E-state index is 0.146. The fourth-order valence-electron chi connectivity index (χ4n) is 3.34. The normalized spacial score (nSPS) is 17.0. The van der Waals surface area contributed by atoms with Crippen LogP contribution in [0.2, 0.25) is 0 Å². The Kier molecular flexibility index (Phi) is 4.79. The third-order valence-electron chi connectivity index (χ3n) is 4.64. The molecular weight excluding hydrogens is 348 g/mol. The Morgan fingerprint density at radius 1 is 1.35 bits per heavy atom. The molecule has 1 aliphatic heterocycles. The van der Waals surface area contributed by atoms with E-state index >= 15 is 0 Å². The smallest absolute Gasteiger partial charge is 0.276 e. The van der Waals surface area contributed by atoms with Gasteiger partial charge in [-0.25, -0.2) is 0 Å². The fourth-order valence-corrected chi connectivity index (χ4v) is 4.16. The van der Waals surface area contributed by atoms with Gasteiger partial charge in [-0.2, -0.15) is 4.98 Å². The molecule has 4 heterocycles. The molecule has 0 radical (unpaired) electrons. The van der Waals surface area contributed by atoms with Crippen LogP contribution in [0.5, 0.6) is 0 Å². The summed E-state index contributed by atoms with van der Waals surface area (Å²) in [6.07, 6.45) is 5.31. The van der Waals surface area contributed by atoms with Gasteiger partial charge in [0.1, 0.15) is 5.69 Å². The predicted molar refractivity (Wildman–Crippen MR) is 99.0 cm³/mol. The lowest BCUT2D eigenvalue weighted by atomic mass is 10.1. The van der Waals surface area contributed by atoms with Gasteiger partial charge in [0.2, 0.25) is 0 Å². The van der Waals surface area contributed by atoms with Crippen molar-refractivity contribution in [2.75, 3.05) is 6.54 Å². The highest BCUT2D eigenvalue weighted by atomic mass is 32.1. The summed E-state index contributed by atoms with van der Waals surface area (Å²) in [6.45, 7) is 2.85. The maximum atomic E-state index is 12.7. The third-order valence-corrected chi connectivity index (χ3v) is 5.63. The van der Waals surface area contributed by atoms with Crippen LogP contribution in [0, 0.1) is 6.92 Å². The van der Waals surface area contributed by atoms with Crippen LogP contribution in [0.1, 0.15) is 39.6 Å². The molecule has 1 aliphatic rings. The van der Waals surface area contributed by atoms with E-state index in [1.54, 1.807) is 17.5 Å². The molecule has 1 fully saturated rings. The third kappa shape index (κ3) is 3.53. The lowest BCUT2D eigenvalue weighted by Gasteiger charge is -2.23. The molecular formula is C19H20N4O2S. The van der Waals surface area contributed by atoms with Crippen molar-refractivity contribution in [3.63, 3.8) is 0 Å². The first-order chi connectivity index (χ1) is 12.7. The molecule has 6 nitrogen and oxygen atoms in total. The molecule has 0 N–H and O–H groups in total. The molecule has 1 saturated heterocycles. The van der Waals surface area contributed by atoms with Crippen LogP contribution >= 0.6 is 11.3 Å². The van der Waals surface area contributed by atoms with Gasteiger partial charge < -0.3 is 9.42 Å². The van der Waals surface area contributed by atoms with Gasteiger partial charge in [-0.1, -0.05) is 11.2 Å². The summed E-state index contributed by atoms with van der Waals surface area (Å²) in [5.41, 5.74) is 0.678. The quantitative estimate of drug-likeness (QED) is 0.686. The number of likely N-dealkylation sites (tertiary alicyclic amines) is 1. The number of hydrogen-bond acceptors (Lipinski definition) is 6. The number of pyridine rings is 1. The predicted octanol–water partition coefficient (Wildman–Crippen LogP) is 3.74. The Hall–Kier alpha value is -2.54. The Labute approximate surface area is 155 Å². The van der Waals surface area contributed by atoms with E-state index in [1.807, 2.05) is 42.2 Å². The van der Waals surface area contributed by atoms with E-state index < -0.39 is 0 Å². The SMILES string of the molecule is Cc1ccc(C(=O)N2CCCC2CCc2noc(-c3ccccn3)n2)s1. The van der Waals surface area contributed by atoms with Gasteiger partial charge in [-0.05, 0) is 50.5 Å². The zero-order valence-electron chi connectivity index (χ0n) is 14.6. The molecule has 3 aromatic heterocycles. The standard InChI is InChI=1S/C19H20N4O2S/c1-13-7-9-16(26-13)19(24)23-12-4-5-14(23)8-10-17-21-18(25-22-17)15-6-2-3-11-20-15/h2-3,6-7,9,11,14H,4-5,8,10,12H2,1H3. The number of nitrogens with zero attached hydrogens (tertiary/aromatic N) is 4. The van der Waals surface area contributed by atoms with Gasteiger partial charge in [-0.15, -0.1) is 11.3 Å². The van der Waals surface area contributed by atoms with Gasteiger partial charge in [0, 0.05) is 30.1 Å². The van der Waals surface area contributed by atoms with Crippen LogP contribution in [-0.4, -0.2) is 38.5 Å². The summed E-state index contributed by atoms with van der Waals surface area (Å²) in [6, 6.07) is 9.75. The summed E-state index contributed by atoms with van der Waals surface area (Å²) in [4.78, 5) is 25.4. The van der Waals surface area contributed by atoms with Gasteiger partial charge in [0.25, 0.3) is 11.8 Å². The zero-order chi connectivity index (χ0) is 17.9. The molecule has 134 valence electrons. The monoisotopic (exact) mass is 368 g/mol. The molecule has 0 bridgehead atoms. The molecule has 26 heavy (non-hydrogen) atoms. The molecule has 0 aromatic carbocycles. The van der Waals surface area contributed by atoms with Crippen molar-refractivity contribution in [3.05, 3.63) is 52.1 Å². The molecule has 1 amide bonds. The Bertz CT molecular complexity index is 890. The number of amides is 1. The topological polar surface area (TPSA) is 72.1 Å². The maximum Gasteiger partial charge on any atom is 0.276 e. The largest absolute Gasteiger partial charge is 0.335 e. The number of aryl methyl sites for hydroxylation is 2. The van der Waals surface area contributed by atoms with Crippen LogP contribution in [0.3, 0.4) is 0 Å². The first kappa shape index (κ1) is 16.9. The average molecular weight is 368 g/mol. The van der Waals surface area contributed by atoms with Gasteiger partial charge in [0.15, 0.2) is 5.82 Å². The Balaban J connectivity index is 1.39. The first-order valence-corrected chi connectivity index (χ1v) is 9.64. The molecule has 0 aliphatic carbocycles. The van der Waals surface area contributed by atoms with E-state index in [4.69, 9.17) is 4.52 Å². The van der Waals surface area contributed by atoms with Gasteiger partial charge in [0.05, 0.1) is 4.88 Å². The molecule has 0 saturated carbocycles. The molecule has 7 heteroatoms. The second-order valence-corrected chi connectivity index (χ2v) is 7.76. The number of thiophene rings is 1. The summed E-state index contributed by atoms with van der Waals surface area (Å²) < 4.78 is 5.31. The summed E-state index contributed by atoms with van der Waals surface area (Å²) >= 11 is 1.56. The number of hydrogen-bond donors (Lipinski definition) is 0. The fraction of sp³-hybridized carbons (Fsp3) is 0.368. The molecule has 0 spiro atoms. The number of aromatic nitrogens is 3. The van der Waals surface area contributed by atoms with E-state index in [0.29, 0.717) is 23.8 Å². The van der Waals surface area contributed by atoms with Crippen LogP contribution in [-0.2, 0) is 6.42 Å². The van der Waals surface area contributed by atoms with Gasteiger partial charge >= 0.3 is 0 Å². The minimum absolute atomic E-state index is 0.146. The van der Waals surface area contributed by atoms with Crippen LogP contribution < -0.4 is 0 Å². The molecule has 4 rings (SSSR count). The average Bonchev–Trinajstić information content (AvgIpc) is 3.40. The van der Waals surface area contributed by atoms with Crippen molar-refractivity contribution in [1.82, 2.24) is 20.0 Å². The van der Waals surface area contributed by atoms with Gasteiger partial charge in [-0.3, -0.25) is 9.78 Å². The van der Waals surface area contributed by atoms with Crippen molar-refractivity contribution >= 4 is 17.2 Å². The van der Waals surface area contributed by atoms with E-state index in [-0.39, 0.29) is 11.9 Å². The van der Waals surface area contributed by atoms with E-state index in [2.05, 4.69) is 15.1 Å². The Morgan fingerprint density at radius 3 is 3.04 bits per heavy atom. The lowest BCUT2D eigenvalue weighted by Crippen LogP contribution is -2.35. The number of rotatable bonds is 5. The zero-order valence-corrected chi connectivity index (χ0v) is 15.4. The first-order valence-electron chi connectivity index (χ1n) is 8.82. The summed E-state index contributed by atoms with van der Waals surface area (Å²) in [7, 11) is 0. The minimum Gasteiger partial charge on any atom is -0.335 e. The Morgan fingerprint density at radius 2 is 2.27 bits per heavy atom. The second kappa shape index (κ2) is 7.37. The summed E-state index contributed by atoms with van der Waals surface area (Å²) in [5.74, 6) is 1.25. The van der Waals surface area contributed by atoms with Crippen molar-refractivity contribution in [3.8, 4) is 11.6 Å². The number of carbonyl (C=O) groups is 1. The lowest BCUT2D eigenvalue weighted by molar-refractivity contribution is 0.0735. The highest BCUT2D eigenvalue weighted by Gasteiger charge is 2.30. The molecule has 3 aromatic rings.